The first-order chi connectivity index (χ1) is 14.0. The molecule has 2 aromatic rings. The van der Waals surface area contributed by atoms with E-state index >= 15 is 0 Å². The molecule has 2 heterocycles. The minimum Gasteiger partial charge on any atom is -0.485 e. The number of carbonyl (C=O) groups excluding carboxylic acids is 1. The van der Waals surface area contributed by atoms with Crippen molar-refractivity contribution in [1.82, 2.24) is 24.6 Å². The second-order valence-corrected chi connectivity index (χ2v) is 8.60. The fourth-order valence-corrected chi connectivity index (χ4v) is 4.59. The van der Waals surface area contributed by atoms with Gasteiger partial charge >= 0.3 is 0 Å². The van der Waals surface area contributed by atoms with E-state index in [0.717, 1.165) is 43.4 Å². The summed E-state index contributed by atoms with van der Waals surface area (Å²) in [7, 11) is 4.30. The summed E-state index contributed by atoms with van der Waals surface area (Å²) >= 11 is 0. The highest BCUT2D eigenvalue weighted by Gasteiger charge is 2.42. The van der Waals surface area contributed by atoms with Gasteiger partial charge in [0, 0.05) is 31.1 Å². The Balaban J connectivity index is 1.47. The zero-order valence-corrected chi connectivity index (χ0v) is 17.5. The van der Waals surface area contributed by atoms with Crippen LogP contribution in [0.3, 0.4) is 0 Å². The maximum Gasteiger partial charge on any atom is 0.223 e. The van der Waals surface area contributed by atoms with Crippen LogP contribution in [-0.4, -0.2) is 62.8 Å². The number of hydrogen-bond donors (Lipinski definition) is 0. The molecule has 0 N–H and O–H groups in total. The van der Waals surface area contributed by atoms with Crippen molar-refractivity contribution >= 4 is 5.91 Å². The van der Waals surface area contributed by atoms with Gasteiger partial charge in [-0.05, 0) is 52.3 Å². The van der Waals surface area contributed by atoms with E-state index in [0.29, 0.717) is 32.1 Å². The van der Waals surface area contributed by atoms with Crippen LogP contribution in [0.1, 0.15) is 44.1 Å². The van der Waals surface area contributed by atoms with Gasteiger partial charge in [0.05, 0.1) is 6.54 Å². The fourth-order valence-electron chi connectivity index (χ4n) is 4.59. The smallest absolute Gasteiger partial charge is 0.223 e. The second-order valence-electron chi connectivity index (χ2n) is 8.60. The van der Waals surface area contributed by atoms with Crippen LogP contribution >= 0.6 is 0 Å². The molecule has 1 saturated carbocycles. The van der Waals surface area contributed by atoms with E-state index in [1.807, 2.05) is 23.1 Å². The third-order valence-corrected chi connectivity index (χ3v) is 6.33. The molecule has 0 atom stereocenters. The molecule has 156 valence electrons. The lowest BCUT2D eigenvalue weighted by molar-refractivity contribution is -0.135. The molecule has 7 heteroatoms. The lowest BCUT2D eigenvalue weighted by atomic mass is 9.81. The van der Waals surface area contributed by atoms with Crippen LogP contribution in [0.15, 0.2) is 36.9 Å². The number of fused-ring (bicyclic) bond motifs is 1. The normalized spacial score (nSPS) is 24.2. The van der Waals surface area contributed by atoms with Crippen molar-refractivity contribution in [1.29, 1.82) is 0 Å². The molecule has 1 aromatic carbocycles. The predicted octanol–water partition coefficient (Wildman–Crippen LogP) is 2.72. The summed E-state index contributed by atoms with van der Waals surface area (Å²) < 4.78 is 8.40. The van der Waals surface area contributed by atoms with Crippen molar-refractivity contribution < 1.29 is 9.53 Å². The average Bonchev–Trinajstić information content (AvgIpc) is 3.17. The number of aromatic nitrogens is 3. The van der Waals surface area contributed by atoms with E-state index in [1.54, 1.807) is 11.0 Å². The molecule has 0 unspecified atom stereocenters. The van der Waals surface area contributed by atoms with Gasteiger partial charge in [0.15, 0.2) is 0 Å². The molecule has 0 saturated heterocycles. The van der Waals surface area contributed by atoms with E-state index in [-0.39, 0.29) is 11.5 Å². The molecular formula is C22H31N5O2. The van der Waals surface area contributed by atoms with E-state index < -0.39 is 0 Å². The highest BCUT2D eigenvalue weighted by molar-refractivity contribution is 5.76. The molecule has 1 spiro atoms. The van der Waals surface area contributed by atoms with Crippen LogP contribution in [0.25, 0.3) is 0 Å². The molecule has 29 heavy (non-hydrogen) atoms. The number of carbonyl (C=O) groups is 1. The van der Waals surface area contributed by atoms with Crippen LogP contribution in [0.2, 0.25) is 0 Å². The summed E-state index contributed by atoms with van der Waals surface area (Å²) in [6, 6.07) is 8.77. The van der Waals surface area contributed by atoms with Crippen molar-refractivity contribution in [2.75, 3.05) is 20.6 Å². The van der Waals surface area contributed by atoms with Gasteiger partial charge in [0.1, 0.15) is 24.0 Å². The SMILES string of the molecule is CN(C)C1CCC2(CC1)CN(C(=O)CCCn1cncn1)Cc1ccccc1O2. The van der Waals surface area contributed by atoms with Crippen LogP contribution in [0, 0.1) is 0 Å². The molecule has 4 rings (SSSR count). The van der Waals surface area contributed by atoms with Crippen molar-refractivity contribution in [2.24, 2.45) is 0 Å². The number of benzene rings is 1. The molecule has 1 aromatic heterocycles. The Kier molecular flexibility index (Phi) is 5.85. The molecule has 2 aliphatic rings. The van der Waals surface area contributed by atoms with E-state index in [9.17, 15) is 4.79 Å². The van der Waals surface area contributed by atoms with Gasteiger partial charge in [0.2, 0.25) is 5.91 Å². The second kappa shape index (κ2) is 8.53. The first-order valence-corrected chi connectivity index (χ1v) is 10.6. The Hall–Kier alpha value is -2.41. The number of ether oxygens (including phenoxy) is 1. The Bertz CT molecular complexity index is 812. The van der Waals surface area contributed by atoms with Gasteiger partial charge in [-0.3, -0.25) is 9.48 Å². The average molecular weight is 398 g/mol. The van der Waals surface area contributed by atoms with Crippen molar-refractivity contribution in [3.8, 4) is 5.75 Å². The van der Waals surface area contributed by atoms with Crippen LogP contribution in [0.5, 0.6) is 5.75 Å². The Morgan fingerprint density at radius 1 is 1.28 bits per heavy atom. The van der Waals surface area contributed by atoms with Gasteiger partial charge in [0.25, 0.3) is 0 Å². The minimum absolute atomic E-state index is 0.194. The van der Waals surface area contributed by atoms with Gasteiger partial charge in [-0.1, -0.05) is 18.2 Å². The van der Waals surface area contributed by atoms with Gasteiger partial charge in [-0.2, -0.15) is 5.10 Å². The van der Waals surface area contributed by atoms with Gasteiger partial charge < -0.3 is 14.5 Å². The van der Waals surface area contributed by atoms with Crippen LogP contribution in [-0.2, 0) is 17.9 Å². The molecule has 0 radical (unpaired) electrons. The monoisotopic (exact) mass is 397 g/mol. The zero-order chi connectivity index (χ0) is 20.3. The van der Waals surface area contributed by atoms with Crippen molar-refractivity contribution in [3.05, 3.63) is 42.5 Å². The van der Waals surface area contributed by atoms with Crippen molar-refractivity contribution in [3.63, 3.8) is 0 Å². The largest absolute Gasteiger partial charge is 0.485 e. The molecule has 1 aliphatic heterocycles. The third kappa shape index (κ3) is 4.61. The summed E-state index contributed by atoms with van der Waals surface area (Å²) in [5.41, 5.74) is 0.824. The lowest BCUT2D eigenvalue weighted by Gasteiger charge is -2.43. The van der Waals surface area contributed by atoms with Gasteiger partial charge in [-0.25, -0.2) is 4.98 Å². The minimum atomic E-state index is -0.277. The quantitative estimate of drug-likeness (QED) is 0.776. The summed E-state index contributed by atoms with van der Waals surface area (Å²) in [4.78, 5) is 21.4. The number of amides is 1. The number of aryl methyl sites for hydroxylation is 1. The van der Waals surface area contributed by atoms with E-state index in [2.05, 4.69) is 35.1 Å². The van der Waals surface area contributed by atoms with Crippen LogP contribution in [0.4, 0.5) is 0 Å². The van der Waals surface area contributed by atoms with E-state index in [1.165, 1.54) is 6.33 Å². The highest BCUT2D eigenvalue weighted by atomic mass is 16.5. The zero-order valence-electron chi connectivity index (χ0n) is 17.5. The molecule has 0 bridgehead atoms. The van der Waals surface area contributed by atoms with Crippen molar-refractivity contribution in [2.45, 2.75) is 63.3 Å². The Morgan fingerprint density at radius 2 is 2.07 bits per heavy atom. The maximum atomic E-state index is 13.1. The fraction of sp³-hybridized carbons (Fsp3) is 0.591. The van der Waals surface area contributed by atoms with Gasteiger partial charge in [-0.15, -0.1) is 0 Å². The lowest BCUT2D eigenvalue weighted by Crippen LogP contribution is -2.51. The molecule has 1 amide bonds. The summed E-state index contributed by atoms with van der Waals surface area (Å²) in [6.07, 6.45) is 8.65. The number of nitrogens with zero attached hydrogens (tertiary/aromatic N) is 5. The maximum absolute atomic E-state index is 13.1. The first kappa shape index (κ1) is 19.9. The highest BCUT2D eigenvalue weighted by Crippen LogP contribution is 2.39. The number of para-hydroxylation sites is 1. The molecule has 1 aliphatic carbocycles. The first-order valence-electron chi connectivity index (χ1n) is 10.6. The Morgan fingerprint density at radius 3 is 2.79 bits per heavy atom. The standard InChI is InChI=1S/C22H31N5O2/c1-25(2)19-9-11-22(12-10-19)15-26(14-18-6-3-4-7-20(18)29-22)21(28)8-5-13-27-17-23-16-24-27/h3-4,6-7,16-17,19H,5,8-15H2,1-2H3. The topological polar surface area (TPSA) is 63.5 Å². The Labute approximate surface area is 172 Å². The number of rotatable bonds is 5. The third-order valence-electron chi connectivity index (χ3n) is 6.33. The summed E-state index contributed by atoms with van der Waals surface area (Å²) in [5, 5.41) is 4.12. The molecule has 1 fully saturated rings. The summed E-state index contributed by atoms with van der Waals surface area (Å²) in [6.45, 7) is 2.00. The predicted molar refractivity (Wildman–Crippen MR) is 110 cm³/mol. The molecular weight excluding hydrogens is 366 g/mol. The van der Waals surface area contributed by atoms with Crippen LogP contribution < -0.4 is 4.74 Å². The summed E-state index contributed by atoms with van der Waals surface area (Å²) in [5.74, 6) is 1.13. The number of hydrogen-bond acceptors (Lipinski definition) is 5. The molecule has 7 nitrogen and oxygen atoms in total. The van der Waals surface area contributed by atoms with E-state index in [4.69, 9.17) is 4.74 Å².